The highest BCUT2D eigenvalue weighted by molar-refractivity contribution is 6.41. The molecule has 2 aromatic rings. The number of aliphatic imine (C=N–C) groups is 2. The number of halogens is 2. The first-order valence-electron chi connectivity index (χ1n) is 8.12. The third kappa shape index (κ3) is 2.70. The summed E-state index contributed by atoms with van der Waals surface area (Å²) in [4.78, 5) is 9.47. The molecule has 1 saturated carbocycles. The maximum atomic E-state index is 10.4. The summed E-state index contributed by atoms with van der Waals surface area (Å²) in [6.45, 7) is 1.87. The summed E-state index contributed by atoms with van der Waals surface area (Å²) in [6, 6.07) is 10.6. The predicted octanol–water partition coefficient (Wildman–Crippen LogP) is 4.76. The van der Waals surface area contributed by atoms with E-state index in [1.807, 2.05) is 19.1 Å². The summed E-state index contributed by atoms with van der Waals surface area (Å²) >= 11 is 12.4. The Labute approximate surface area is 156 Å². The first-order valence-corrected chi connectivity index (χ1v) is 8.87. The number of phenolic OH excluding ortho intramolecular Hbond substituents is 1. The predicted molar refractivity (Wildman–Crippen MR) is 103 cm³/mol. The van der Waals surface area contributed by atoms with Crippen LogP contribution >= 0.6 is 23.2 Å². The van der Waals surface area contributed by atoms with E-state index in [0.717, 1.165) is 24.1 Å². The standard InChI is InChI=1S/C19H17Cl2N3O/c1-10-18(22)24-19(23-10,11-2-3-11)12-4-7-17(25)15(8-12)14-9-13(20)5-6-16(14)21/h4-9,11,25H,2-3H2,1H3,(H2,22,24). The Kier molecular flexibility index (Phi) is 3.78. The topological polar surface area (TPSA) is 71.0 Å². The molecule has 0 bridgehead atoms. The molecule has 25 heavy (non-hydrogen) atoms. The number of nitrogens with two attached hydrogens (primary N) is 1. The van der Waals surface area contributed by atoms with Crippen molar-refractivity contribution < 1.29 is 5.11 Å². The van der Waals surface area contributed by atoms with Crippen molar-refractivity contribution in [3.05, 3.63) is 52.0 Å². The van der Waals surface area contributed by atoms with E-state index in [9.17, 15) is 5.11 Å². The number of hydrogen-bond acceptors (Lipinski definition) is 4. The van der Waals surface area contributed by atoms with Gasteiger partial charge in [0.25, 0.3) is 0 Å². The fourth-order valence-electron chi connectivity index (χ4n) is 3.32. The van der Waals surface area contributed by atoms with Crippen molar-refractivity contribution >= 4 is 34.7 Å². The summed E-state index contributed by atoms with van der Waals surface area (Å²) in [5.74, 6) is 0.938. The van der Waals surface area contributed by atoms with E-state index in [4.69, 9.17) is 33.9 Å². The molecule has 1 aliphatic carbocycles. The highest BCUT2D eigenvalue weighted by Gasteiger charge is 2.49. The van der Waals surface area contributed by atoms with Gasteiger partial charge >= 0.3 is 0 Å². The van der Waals surface area contributed by atoms with Gasteiger partial charge in [0.15, 0.2) is 5.66 Å². The van der Waals surface area contributed by atoms with Crippen LogP contribution < -0.4 is 5.73 Å². The van der Waals surface area contributed by atoms with Crippen LogP contribution in [-0.2, 0) is 5.66 Å². The van der Waals surface area contributed by atoms with Crippen LogP contribution in [0.25, 0.3) is 11.1 Å². The molecule has 0 saturated heterocycles. The molecule has 1 unspecified atom stereocenters. The van der Waals surface area contributed by atoms with Crippen molar-refractivity contribution in [1.29, 1.82) is 0 Å². The zero-order valence-corrected chi connectivity index (χ0v) is 15.1. The second-order valence-corrected chi connectivity index (χ2v) is 7.39. The van der Waals surface area contributed by atoms with E-state index >= 15 is 0 Å². The Morgan fingerprint density at radius 2 is 1.84 bits per heavy atom. The third-order valence-electron chi connectivity index (χ3n) is 4.79. The molecule has 6 heteroatoms. The quantitative estimate of drug-likeness (QED) is 0.813. The smallest absolute Gasteiger partial charge is 0.181 e. The highest BCUT2D eigenvalue weighted by Crippen LogP contribution is 2.52. The van der Waals surface area contributed by atoms with Crippen molar-refractivity contribution in [2.45, 2.75) is 25.4 Å². The molecule has 0 aromatic heterocycles. The highest BCUT2D eigenvalue weighted by atomic mass is 35.5. The van der Waals surface area contributed by atoms with E-state index in [1.54, 1.807) is 24.3 Å². The van der Waals surface area contributed by atoms with E-state index in [-0.39, 0.29) is 5.75 Å². The van der Waals surface area contributed by atoms with Crippen LogP contribution in [0, 0.1) is 5.92 Å². The van der Waals surface area contributed by atoms with Gasteiger partial charge in [-0.2, -0.15) is 0 Å². The lowest BCUT2D eigenvalue weighted by molar-refractivity contribution is 0.415. The molecule has 128 valence electrons. The van der Waals surface area contributed by atoms with E-state index in [1.165, 1.54) is 0 Å². The maximum absolute atomic E-state index is 10.4. The Morgan fingerprint density at radius 1 is 1.08 bits per heavy atom. The molecule has 1 heterocycles. The second-order valence-electron chi connectivity index (χ2n) is 6.55. The molecular weight excluding hydrogens is 357 g/mol. The summed E-state index contributed by atoms with van der Waals surface area (Å²) in [5.41, 5.74) is 8.26. The minimum atomic E-state index is -0.693. The molecule has 4 rings (SSSR count). The lowest BCUT2D eigenvalue weighted by atomic mass is 9.92. The SMILES string of the molecule is CC1=NC(c2ccc(O)c(-c3cc(Cl)ccc3Cl)c2)(C2CC2)N=C1N. The van der Waals surface area contributed by atoms with Crippen molar-refractivity contribution in [3.63, 3.8) is 0 Å². The average molecular weight is 374 g/mol. The third-order valence-corrected chi connectivity index (χ3v) is 5.35. The summed E-state index contributed by atoms with van der Waals surface area (Å²) in [6.07, 6.45) is 2.11. The first-order chi connectivity index (χ1) is 11.9. The number of hydrogen-bond donors (Lipinski definition) is 2. The minimum absolute atomic E-state index is 0.134. The van der Waals surface area contributed by atoms with Gasteiger partial charge in [-0.05, 0) is 50.1 Å². The lowest BCUT2D eigenvalue weighted by Gasteiger charge is -2.24. The van der Waals surface area contributed by atoms with Gasteiger partial charge in [-0.15, -0.1) is 0 Å². The van der Waals surface area contributed by atoms with Gasteiger partial charge in [0.05, 0.1) is 5.71 Å². The van der Waals surface area contributed by atoms with Crippen LogP contribution in [0.2, 0.25) is 10.0 Å². The van der Waals surface area contributed by atoms with Gasteiger partial charge in [-0.1, -0.05) is 29.3 Å². The molecule has 0 amide bonds. The van der Waals surface area contributed by atoms with Gasteiger partial charge < -0.3 is 10.8 Å². The van der Waals surface area contributed by atoms with Gasteiger partial charge in [0.2, 0.25) is 0 Å². The van der Waals surface area contributed by atoms with Crippen LogP contribution in [0.15, 0.2) is 46.4 Å². The fourth-order valence-corrected chi connectivity index (χ4v) is 3.71. The average Bonchev–Trinajstić information content (AvgIpc) is 3.38. The van der Waals surface area contributed by atoms with Crippen LogP contribution in [0.1, 0.15) is 25.3 Å². The van der Waals surface area contributed by atoms with Gasteiger partial charge in [0, 0.05) is 32.7 Å². The summed E-state index contributed by atoms with van der Waals surface area (Å²) in [5, 5.41) is 11.5. The molecule has 2 aliphatic rings. The van der Waals surface area contributed by atoms with E-state index < -0.39 is 5.66 Å². The largest absolute Gasteiger partial charge is 0.507 e. The molecule has 3 N–H and O–H groups in total. The van der Waals surface area contributed by atoms with Gasteiger partial charge in [-0.25, -0.2) is 4.99 Å². The molecule has 0 radical (unpaired) electrons. The van der Waals surface area contributed by atoms with Crippen LogP contribution in [-0.4, -0.2) is 16.7 Å². The molecule has 1 atom stereocenters. The summed E-state index contributed by atoms with van der Waals surface area (Å²) < 4.78 is 0. The number of aromatic hydroxyl groups is 1. The monoisotopic (exact) mass is 373 g/mol. The van der Waals surface area contributed by atoms with Gasteiger partial charge in [-0.3, -0.25) is 4.99 Å². The number of rotatable bonds is 3. The van der Waals surface area contributed by atoms with Crippen molar-refractivity contribution in [2.75, 3.05) is 0 Å². The van der Waals surface area contributed by atoms with Gasteiger partial charge in [0.1, 0.15) is 11.6 Å². The lowest BCUT2D eigenvalue weighted by Crippen LogP contribution is -2.23. The summed E-state index contributed by atoms with van der Waals surface area (Å²) in [7, 11) is 0. The Hall–Kier alpha value is -2.04. The molecule has 4 nitrogen and oxygen atoms in total. The van der Waals surface area contributed by atoms with Crippen molar-refractivity contribution in [1.82, 2.24) is 0 Å². The number of phenols is 1. The molecule has 1 fully saturated rings. The Bertz CT molecular complexity index is 914. The zero-order valence-electron chi connectivity index (χ0n) is 13.6. The molecule has 0 spiro atoms. The molecular formula is C19H17Cl2N3O. The number of benzene rings is 2. The van der Waals surface area contributed by atoms with E-state index in [2.05, 4.69) is 4.99 Å². The normalized spacial score (nSPS) is 22.7. The number of amidine groups is 1. The van der Waals surface area contributed by atoms with Crippen LogP contribution in [0.4, 0.5) is 0 Å². The zero-order chi connectivity index (χ0) is 17.8. The van der Waals surface area contributed by atoms with Crippen LogP contribution in [0.5, 0.6) is 5.75 Å². The Balaban J connectivity index is 1.90. The Morgan fingerprint density at radius 3 is 2.48 bits per heavy atom. The van der Waals surface area contributed by atoms with Crippen LogP contribution in [0.3, 0.4) is 0 Å². The first kappa shape index (κ1) is 16.4. The molecule has 1 aliphatic heterocycles. The fraction of sp³-hybridized carbons (Fsp3) is 0.263. The van der Waals surface area contributed by atoms with E-state index in [0.29, 0.717) is 32.9 Å². The van der Waals surface area contributed by atoms with Crippen molar-refractivity contribution in [3.8, 4) is 16.9 Å². The number of nitrogens with zero attached hydrogens (tertiary/aromatic N) is 2. The van der Waals surface area contributed by atoms with Crippen molar-refractivity contribution in [2.24, 2.45) is 21.6 Å². The second kappa shape index (κ2) is 5.75. The minimum Gasteiger partial charge on any atom is -0.507 e. The maximum Gasteiger partial charge on any atom is 0.181 e. The molecule has 2 aromatic carbocycles.